The second kappa shape index (κ2) is 10.5. The van der Waals surface area contributed by atoms with Crippen LogP contribution in [0.25, 0.3) is 43.1 Å². The van der Waals surface area contributed by atoms with Crippen molar-refractivity contribution in [3.05, 3.63) is 72.8 Å². The van der Waals surface area contributed by atoms with Crippen LogP contribution in [0.2, 0.25) is 0 Å². The van der Waals surface area contributed by atoms with Crippen LogP contribution in [-0.4, -0.2) is 11.6 Å². The van der Waals surface area contributed by atoms with Crippen molar-refractivity contribution >= 4 is 49.1 Å². The Kier molecular flexibility index (Phi) is 7.54. The smallest absolute Gasteiger partial charge is 0.306 e. The molecule has 0 aliphatic heterocycles. The van der Waals surface area contributed by atoms with E-state index in [9.17, 15) is 4.79 Å². The first-order chi connectivity index (χ1) is 17.0. The van der Waals surface area contributed by atoms with Gasteiger partial charge in [-0.25, -0.2) is 0 Å². The third kappa shape index (κ3) is 6.16. The largest absolute Gasteiger partial charge is 0.460 e. The summed E-state index contributed by atoms with van der Waals surface area (Å²) in [6.07, 6.45) is 5.05. The fourth-order valence-corrected chi connectivity index (χ4v) is 5.07. The van der Waals surface area contributed by atoms with Crippen LogP contribution < -0.4 is 0 Å². The number of rotatable bonds is 5. The average Bonchev–Trinajstić information content (AvgIpc) is 2.80. The highest BCUT2D eigenvalue weighted by Gasteiger charge is 2.16. The Hall–Kier alpha value is -3.13. The standard InChI is InChI=1S/C20H12.C14H28O2/c1-5-13-6-2-11-17-18-12-4-8-14-7-3-10-16(20(14)18)15(9-1)19(13)17;1-13(2,3)11-9-7-8-10-12(15)16-14(4,5)6/h1-12H;7-11H2,1-6H3. The fourth-order valence-electron chi connectivity index (χ4n) is 5.07. The molecule has 0 bridgehead atoms. The van der Waals surface area contributed by atoms with Crippen LogP contribution in [0.15, 0.2) is 72.8 Å². The number of fused-ring (bicyclic) bond motifs is 2. The van der Waals surface area contributed by atoms with Crippen LogP contribution in [-0.2, 0) is 9.53 Å². The molecule has 0 saturated carbocycles. The third-order valence-electron chi connectivity index (χ3n) is 6.62. The molecule has 0 unspecified atom stereocenters. The van der Waals surface area contributed by atoms with Gasteiger partial charge in [-0.1, -0.05) is 106 Å². The van der Waals surface area contributed by atoms with E-state index in [1.54, 1.807) is 0 Å². The second-order valence-electron chi connectivity index (χ2n) is 12.1. The number of hydrogen-bond donors (Lipinski definition) is 0. The summed E-state index contributed by atoms with van der Waals surface area (Å²) in [5, 5.41) is 10.9. The van der Waals surface area contributed by atoms with Gasteiger partial charge in [0.25, 0.3) is 0 Å². The second-order valence-corrected chi connectivity index (χ2v) is 12.1. The first-order valence-corrected chi connectivity index (χ1v) is 13.3. The summed E-state index contributed by atoms with van der Waals surface area (Å²) < 4.78 is 5.25. The minimum Gasteiger partial charge on any atom is -0.460 e. The van der Waals surface area contributed by atoms with Gasteiger partial charge >= 0.3 is 5.97 Å². The SMILES string of the molecule is CC(C)(C)CCCCCC(=O)OC(C)(C)C.c1cc2cccc3c4cccc5cccc(c(c1)c23)c54. The van der Waals surface area contributed by atoms with E-state index < -0.39 is 0 Å². The topological polar surface area (TPSA) is 26.3 Å². The zero-order chi connectivity index (χ0) is 25.9. The first-order valence-electron chi connectivity index (χ1n) is 13.3. The van der Waals surface area contributed by atoms with Crippen LogP contribution in [0.1, 0.15) is 73.6 Å². The lowest BCUT2D eigenvalue weighted by atomic mass is 9.89. The molecule has 2 nitrogen and oxygen atoms in total. The quantitative estimate of drug-likeness (QED) is 0.108. The van der Waals surface area contributed by atoms with E-state index in [1.807, 2.05) is 20.8 Å². The summed E-state index contributed by atoms with van der Waals surface area (Å²) in [5.74, 6) is -0.0664. The molecule has 0 aliphatic carbocycles. The zero-order valence-corrected chi connectivity index (χ0v) is 22.8. The van der Waals surface area contributed by atoms with E-state index in [4.69, 9.17) is 4.74 Å². The minimum atomic E-state index is -0.345. The highest BCUT2D eigenvalue weighted by atomic mass is 16.6. The molecule has 0 heterocycles. The van der Waals surface area contributed by atoms with Crippen molar-refractivity contribution in [2.24, 2.45) is 5.41 Å². The molecular weight excluding hydrogens is 440 g/mol. The monoisotopic (exact) mass is 480 g/mol. The molecule has 36 heavy (non-hydrogen) atoms. The van der Waals surface area contributed by atoms with Crippen molar-refractivity contribution in [1.82, 2.24) is 0 Å². The van der Waals surface area contributed by atoms with Crippen LogP contribution >= 0.6 is 0 Å². The molecule has 0 N–H and O–H groups in total. The lowest BCUT2D eigenvalue weighted by Gasteiger charge is -2.19. The van der Waals surface area contributed by atoms with E-state index in [0.29, 0.717) is 11.8 Å². The van der Waals surface area contributed by atoms with Gasteiger partial charge in [-0.2, -0.15) is 0 Å². The van der Waals surface area contributed by atoms with Crippen molar-refractivity contribution in [3.63, 3.8) is 0 Å². The van der Waals surface area contributed by atoms with Gasteiger partial charge in [-0.05, 0) is 82.1 Å². The predicted molar refractivity (Wildman–Crippen MR) is 156 cm³/mol. The number of benzene rings is 5. The lowest BCUT2D eigenvalue weighted by Crippen LogP contribution is -2.23. The maximum absolute atomic E-state index is 11.4. The molecule has 188 valence electrons. The maximum Gasteiger partial charge on any atom is 0.306 e. The van der Waals surface area contributed by atoms with E-state index in [2.05, 4.69) is 93.6 Å². The Morgan fingerprint density at radius 1 is 0.611 bits per heavy atom. The number of unbranched alkanes of at least 4 members (excludes halogenated alkanes) is 2. The molecule has 0 spiro atoms. The van der Waals surface area contributed by atoms with Gasteiger partial charge in [0.05, 0.1) is 0 Å². The normalized spacial score (nSPS) is 12.3. The molecule has 0 fully saturated rings. The Bertz CT molecular complexity index is 1290. The molecule has 0 aromatic heterocycles. The summed E-state index contributed by atoms with van der Waals surface area (Å²) in [6.45, 7) is 12.5. The number of esters is 1. The molecule has 2 heteroatoms. The maximum atomic E-state index is 11.4. The van der Waals surface area contributed by atoms with Gasteiger partial charge in [0.2, 0.25) is 0 Å². The number of hydrogen-bond acceptors (Lipinski definition) is 2. The van der Waals surface area contributed by atoms with Gasteiger partial charge in [-0.15, -0.1) is 0 Å². The number of carbonyl (C=O) groups excluding carboxylic acids is 1. The number of carbonyl (C=O) groups is 1. The molecule has 0 saturated heterocycles. The summed E-state index contributed by atoms with van der Waals surface area (Å²) >= 11 is 0. The molecule has 5 aromatic rings. The van der Waals surface area contributed by atoms with E-state index in [1.165, 1.54) is 55.9 Å². The molecule has 0 radical (unpaired) electrons. The zero-order valence-electron chi connectivity index (χ0n) is 22.8. The Labute approximate surface area is 216 Å². The fraction of sp³-hybridized carbons (Fsp3) is 0.382. The summed E-state index contributed by atoms with van der Waals surface area (Å²) in [4.78, 5) is 11.4. The Morgan fingerprint density at radius 2 is 1.03 bits per heavy atom. The molecule has 5 rings (SSSR count). The van der Waals surface area contributed by atoms with Crippen molar-refractivity contribution in [2.45, 2.75) is 79.2 Å². The van der Waals surface area contributed by atoms with Crippen LogP contribution in [0.3, 0.4) is 0 Å². The Balaban J connectivity index is 0.000000175. The third-order valence-corrected chi connectivity index (χ3v) is 6.62. The summed E-state index contributed by atoms with van der Waals surface area (Å²) in [6, 6.07) is 26.4. The van der Waals surface area contributed by atoms with Crippen LogP contribution in [0.5, 0.6) is 0 Å². The molecule has 5 aromatic carbocycles. The van der Waals surface area contributed by atoms with Gasteiger partial charge in [0.15, 0.2) is 0 Å². The van der Waals surface area contributed by atoms with Gasteiger partial charge < -0.3 is 4.74 Å². The highest BCUT2D eigenvalue weighted by molar-refractivity contribution is 6.32. The highest BCUT2D eigenvalue weighted by Crippen LogP contribution is 2.39. The summed E-state index contributed by atoms with van der Waals surface area (Å²) in [7, 11) is 0. The van der Waals surface area contributed by atoms with E-state index >= 15 is 0 Å². The molecule has 0 aliphatic rings. The van der Waals surface area contributed by atoms with Gasteiger partial charge in [0, 0.05) is 6.42 Å². The first kappa shape index (κ1) is 25.9. The van der Waals surface area contributed by atoms with Crippen molar-refractivity contribution < 1.29 is 9.53 Å². The van der Waals surface area contributed by atoms with E-state index in [0.717, 1.165) is 12.8 Å². The molecule has 0 atom stereocenters. The molecular formula is C34H40O2. The van der Waals surface area contributed by atoms with Gasteiger partial charge in [0.1, 0.15) is 5.60 Å². The average molecular weight is 481 g/mol. The minimum absolute atomic E-state index is 0.0664. The van der Waals surface area contributed by atoms with Gasteiger partial charge in [-0.3, -0.25) is 4.79 Å². The van der Waals surface area contributed by atoms with E-state index in [-0.39, 0.29) is 11.6 Å². The van der Waals surface area contributed by atoms with Crippen molar-refractivity contribution in [3.8, 4) is 0 Å². The van der Waals surface area contributed by atoms with Crippen LogP contribution in [0, 0.1) is 5.41 Å². The predicted octanol–water partition coefficient (Wildman–Crippen LogP) is 10.1. The number of ether oxygens (including phenoxy) is 1. The van der Waals surface area contributed by atoms with Crippen molar-refractivity contribution in [1.29, 1.82) is 0 Å². The van der Waals surface area contributed by atoms with Crippen LogP contribution in [0.4, 0.5) is 0 Å². The molecule has 0 amide bonds. The summed E-state index contributed by atoms with van der Waals surface area (Å²) in [5.41, 5.74) is 0.0639. The van der Waals surface area contributed by atoms with Crippen molar-refractivity contribution in [2.75, 3.05) is 0 Å². The lowest BCUT2D eigenvalue weighted by molar-refractivity contribution is -0.154. The Morgan fingerprint density at radius 3 is 1.39 bits per heavy atom.